The first-order valence-electron chi connectivity index (χ1n) is 7.68. The zero-order valence-electron chi connectivity index (χ0n) is 12.0. The van der Waals surface area contributed by atoms with Gasteiger partial charge in [-0.2, -0.15) is 4.98 Å². The van der Waals surface area contributed by atoms with Gasteiger partial charge in [-0.3, -0.25) is 0 Å². The van der Waals surface area contributed by atoms with E-state index in [2.05, 4.69) is 21.5 Å². The van der Waals surface area contributed by atoms with Gasteiger partial charge in [0.05, 0.1) is 6.61 Å². The molecule has 110 valence electrons. The molecule has 5 heteroatoms. The number of benzene rings is 1. The number of nitrogens with one attached hydrogen (secondary N) is 1. The lowest BCUT2D eigenvalue weighted by atomic mass is 9.95. The molecule has 5 nitrogen and oxygen atoms in total. The molecule has 21 heavy (non-hydrogen) atoms. The first kappa shape index (κ1) is 12.8. The van der Waals surface area contributed by atoms with Gasteiger partial charge < -0.3 is 14.6 Å². The summed E-state index contributed by atoms with van der Waals surface area (Å²) in [5.41, 5.74) is 2.25. The Bertz CT molecular complexity index is 632. The maximum absolute atomic E-state index is 5.52. The van der Waals surface area contributed by atoms with Crippen molar-refractivity contribution in [3.8, 4) is 17.1 Å². The Morgan fingerprint density at radius 3 is 3.05 bits per heavy atom. The van der Waals surface area contributed by atoms with Crippen LogP contribution < -0.4 is 10.1 Å². The minimum Gasteiger partial charge on any atom is -0.493 e. The van der Waals surface area contributed by atoms with Gasteiger partial charge in [0.15, 0.2) is 0 Å². The maximum atomic E-state index is 5.52. The van der Waals surface area contributed by atoms with Crippen LogP contribution in [0.2, 0.25) is 0 Å². The smallest absolute Gasteiger partial charge is 0.227 e. The van der Waals surface area contributed by atoms with Crippen LogP contribution in [0.25, 0.3) is 11.4 Å². The number of nitrogens with zero attached hydrogens (tertiary/aromatic N) is 2. The van der Waals surface area contributed by atoms with Crippen molar-refractivity contribution in [2.75, 3.05) is 19.7 Å². The highest BCUT2D eigenvalue weighted by molar-refractivity contribution is 5.59. The van der Waals surface area contributed by atoms with E-state index in [1.54, 1.807) is 0 Å². The van der Waals surface area contributed by atoms with Crippen molar-refractivity contribution < 1.29 is 9.26 Å². The Morgan fingerprint density at radius 2 is 2.14 bits per heavy atom. The van der Waals surface area contributed by atoms with Gasteiger partial charge in [-0.15, -0.1) is 0 Å². The van der Waals surface area contributed by atoms with E-state index in [0.717, 1.165) is 49.7 Å². The molecule has 1 saturated heterocycles. The largest absolute Gasteiger partial charge is 0.493 e. The molecule has 2 aliphatic heterocycles. The maximum Gasteiger partial charge on any atom is 0.227 e. The summed E-state index contributed by atoms with van der Waals surface area (Å²) in [4.78, 5) is 4.56. The van der Waals surface area contributed by atoms with E-state index < -0.39 is 0 Å². The molecule has 4 rings (SSSR count). The summed E-state index contributed by atoms with van der Waals surface area (Å²) in [6, 6.07) is 6.12. The summed E-state index contributed by atoms with van der Waals surface area (Å²) in [5.74, 6) is 3.09. The van der Waals surface area contributed by atoms with Gasteiger partial charge in [0.25, 0.3) is 0 Å². The summed E-state index contributed by atoms with van der Waals surface area (Å²) < 4.78 is 11.0. The Hall–Kier alpha value is -1.88. The number of hydrogen-bond donors (Lipinski definition) is 1. The molecule has 0 amide bonds. The zero-order chi connectivity index (χ0) is 14.1. The van der Waals surface area contributed by atoms with Gasteiger partial charge in [-0.05, 0) is 55.6 Å². The average molecular weight is 285 g/mol. The van der Waals surface area contributed by atoms with Crippen LogP contribution in [0.15, 0.2) is 22.7 Å². The van der Waals surface area contributed by atoms with Crippen molar-refractivity contribution in [1.29, 1.82) is 0 Å². The van der Waals surface area contributed by atoms with Crippen LogP contribution in [0.5, 0.6) is 5.75 Å². The van der Waals surface area contributed by atoms with Gasteiger partial charge in [-0.1, -0.05) is 5.16 Å². The van der Waals surface area contributed by atoms with Crippen molar-refractivity contribution in [3.63, 3.8) is 0 Å². The molecule has 0 unspecified atom stereocenters. The standard InChI is InChI=1S/C16H19N3O2/c1-2-14-12(5-8-20-14)10-13(1)16-18-15(21-19-16)9-11-3-6-17-7-4-11/h1-2,10-11,17H,3-9H2. The minimum atomic E-state index is 0.660. The molecule has 0 aliphatic carbocycles. The highest BCUT2D eigenvalue weighted by Crippen LogP contribution is 2.29. The number of piperidine rings is 1. The first-order chi connectivity index (χ1) is 10.4. The van der Waals surface area contributed by atoms with Crippen LogP contribution >= 0.6 is 0 Å². The molecular weight excluding hydrogens is 266 g/mol. The second-order valence-corrected chi connectivity index (χ2v) is 5.83. The summed E-state index contributed by atoms with van der Waals surface area (Å²) >= 11 is 0. The van der Waals surface area contributed by atoms with Crippen molar-refractivity contribution in [3.05, 3.63) is 29.7 Å². The molecule has 0 bridgehead atoms. The van der Waals surface area contributed by atoms with Gasteiger partial charge in [0, 0.05) is 18.4 Å². The number of aromatic nitrogens is 2. The molecule has 1 N–H and O–H groups in total. The third-order valence-electron chi connectivity index (χ3n) is 4.34. The molecule has 2 aliphatic rings. The van der Waals surface area contributed by atoms with E-state index in [1.165, 1.54) is 18.4 Å². The molecule has 1 aromatic carbocycles. The van der Waals surface area contributed by atoms with Crippen LogP contribution in [-0.2, 0) is 12.8 Å². The Balaban J connectivity index is 1.51. The third-order valence-corrected chi connectivity index (χ3v) is 4.34. The Labute approximate surface area is 123 Å². The molecule has 0 radical (unpaired) electrons. The minimum absolute atomic E-state index is 0.660. The lowest BCUT2D eigenvalue weighted by Crippen LogP contribution is -2.28. The topological polar surface area (TPSA) is 60.2 Å². The van der Waals surface area contributed by atoms with Crippen LogP contribution in [-0.4, -0.2) is 29.8 Å². The third kappa shape index (κ3) is 2.65. The Kier molecular flexibility index (Phi) is 3.35. The Morgan fingerprint density at radius 1 is 1.24 bits per heavy atom. The van der Waals surface area contributed by atoms with Gasteiger partial charge >= 0.3 is 0 Å². The molecule has 3 heterocycles. The second-order valence-electron chi connectivity index (χ2n) is 5.83. The van der Waals surface area contributed by atoms with Crippen molar-refractivity contribution in [2.24, 2.45) is 5.92 Å². The number of ether oxygens (including phenoxy) is 1. The molecule has 1 fully saturated rings. The highest BCUT2D eigenvalue weighted by atomic mass is 16.5. The zero-order valence-corrected chi connectivity index (χ0v) is 12.0. The monoisotopic (exact) mass is 285 g/mol. The number of hydrogen-bond acceptors (Lipinski definition) is 5. The van der Waals surface area contributed by atoms with Crippen LogP contribution in [0.3, 0.4) is 0 Å². The predicted octanol–water partition coefficient (Wildman–Crippen LogP) is 2.21. The number of rotatable bonds is 3. The fourth-order valence-corrected chi connectivity index (χ4v) is 3.11. The fourth-order valence-electron chi connectivity index (χ4n) is 3.11. The van der Waals surface area contributed by atoms with E-state index in [4.69, 9.17) is 9.26 Å². The van der Waals surface area contributed by atoms with E-state index >= 15 is 0 Å². The SMILES string of the molecule is c1cc2c(cc1-c1noc(CC3CCNCC3)n1)CCO2. The summed E-state index contributed by atoms with van der Waals surface area (Å²) in [7, 11) is 0. The summed E-state index contributed by atoms with van der Waals surface area (Å²) in [6.07, 6.45) is 4.23. The van der Waals surface area contributed by atoms with Gasteiger partial charge in [0.1, 0.15) is 5.75 Å². The normalized spacial score (nSPS) is 18.5. The lowest BCUT2D eigenvalue weighted by molar-refractivity contribution is 0.313. The summed E-state index contributed by atoms with van der Waals surface area (Å²) in [5, 5.41) is 7.51. The number of fused-ring (bicyclic) bond motifs is 1. The van der Waals surface area contributed by atoms with E-state index in [0.29, 0.717) is 11.7 Å². The van der Waals surface area contributed by atoms with Crippen LogP contribution in [0.1, 0.15) is 24.3 Å². The van der Waals surface area contributed by atoms with Crippen LogP contribution in [0, 0.1) is 5.92 Å². The molecule has 2 aromatic rings. The van der Waals surface area contributed by atoms with Crippen molar-refractivity contribution >= 4 is 0 Å². The lowest BCUT2D eigenvalue weighted by Gasteiger charge is -2.20. The van der Waals surface area contributed by atoms with Gasteiger partial charge in [-0.25, -0.2) is 0 Å². The van der Waals surface area contributed by atoms with E-state index in [-0.39, 0.29) is 0 Å². The van der Waals surface area contributed by atoms with E-state index in [1.807, 2.05) is 12.1 Å². The average Bonchev–Trinajstić information content (AvgIpc) is 3.16. The predicted molar refractivity (Wildman–Crippen MR) is 78.2 cm³/mol. The molecular formula is C16H19N3O2. The van der Waals surface area contributed by atoms with Crippen LogP contribution in [0.4, 0.5) is 0 Å². The van der Waals surface area contributed by atoms with Gasteiger partial charge in [0.2, 0.25) is 11.7 Å². The van der Waals surface area contributed by atoms with E-state index in [9.17, 15) is 0 Å². The van der Waals surface area contributed by atoms with Crippen molar-refractivity contribution in [1.82, 2.24) is 15.5 Å². The summed E-state index contributed by atoms with van der Waals surface area (Å²) in [6.45, 7) is 2.96. The molecule has 0 spiro atoms. The van der Waals surface area contributed by atoms with Crippen molar-refractivity contribution in [2.45, 2.75) is 25.7 Å². The molecule has 0 saturated carbocycles. The molecule has 0 atom stereocenters. The molecule has 1 aromatic heterocycles. The quantitative estimate of drug-likeness (QED) is 0.937. The fraction of sp³-hybridized carbons (Fsp3) is 0.500. The second kappa shape index (κ2) is 5.48. The first-order valence-corrected chi connectivity index (χ1v) is 7.68. The highest BCUT2D eigenvalue weighted by Gasteiger charge is 2.19.